The Labute approximate surface area is 166 Å². The maximum Gasteiger partial charge on any atom is 0.264 e. The van der Waals surface area contributed by atoms with Crippen molar-refractivity contribution in [2.24, 2.45) is 5.73 Å². The predicted octanol–water partition coefficient (Wildman–Crippen LogP) is 3.23. The molecule has 7 nitrogen and oxygen atoms in total. The predicted molar refractivity (Wildman–Crippen MR) is 105 cm³/mol. The molecule has 3 aromatic rings. The first-order chi connectivity index (χ1) is 13.5. The van der Waals surface area contributed by atoms with Crippen molar-refractivity contribution in [2.45, 2.75) is 25.7 Å². The van der Waals surface area contributed by atoms with Crippen molar-refractivity contribution in [3.63, 3.8) is 0 Å². The lowest BCUT2D eigenvalue weighted by Gasteiger charge is -2.30. The molecule has 3 heterocycles. The van der Waals surface area contributed by atoms with E-state index in [0.717, 1.165) is 29.8 Å². The molecule has 0 saturated carbocycles. The third kappa shape index (κ3) is 3.55. The monoisotopic (exact) mass is 396 g/mol. The molecule has 0 radical (unpaired) electrons. The van der Waals surface area contributed by atoms with Crippen LogP contribution in [0.25, 0.3) is 11.4 Å². The third-order valence-corrected chi connectivity index (χ3v) is 5.97. The molecule has 1 saturated heterocycles. The van der Waals surface area contributed by atoms with E-state index in [1.807, 2.05) is 23.3 Å². The van der Waals surface area contributed by atoms with Crippen molar-refractivity contribution in [1.82, 2.24) is 15.0 Å². The second kappa shape index (κ2) is 7.55. The minimum atomic E-state index is -0.504. The molecule has 2 N–H and O–H groups in total. The topological polar surface area (TPSA) is 102 Å². The van der Waals surface area contributed by atoms with Gasteiger partial charge < -0.3 is 15.2 Å². The van der Waals surface area contributed by atoms with Crippen molar-refractivity contribution < 1.29 is 14.1 Å². The maximum atomic E-state index is 12.8. The molecule has 1 atom stereocenters. The number of aryl methyl sites for hydroxylation is 1. The summed E-state index contributed by atoms with van der Waals surface area (Å²) >= 11 is 1.47. The number of aromatic nitrogens is 2. The number of carbonyl (C=O) groups is 2. The summed E-state index contributed by atoms with van der Waals surface area (Å²) < 4.78 is 5.49. The molecule has 0 aliphatic carbocycles. The number of thiophene rings is 1. The summed E-state index contributed by atoms with van der Waals surface area (Å²) in [6.45, 7) is 3.24. The lowest BCUT2D eigenvalue weighted by Crippen LogP contribution is -2.39. The quantitative estimate of drug-likeness (QED) is 0.729. The lowest BCUT2D eigenvalue weighted by molar-refractivity contribution is 0.0699. The highest BCUT2D eigenvalue weighted by molar-refractivity contribution is 7.12. The van der Waals surface area contributed by atoms with Crippen LogP contribution in [0.5, 0.6) is 0 Å². The van der Waals surface area contributed by atoms with Crippen molar-refractivity contribution >= 4 is 23.2 Å². The number of primary amides is 1. The van der Waals surface area contributed by atoms with Gasteiger partial charge in [-0.3, -0.25) is 9.59 Å². The minimum Gasteiger partial charge on any atom is -0.366 e. The normalized spacial score (nSPS) is 16.9. The zero-order valence-corrected chi connectivity index (χ0v) is 16.2. The Morgan fingerprint density at radius 3 is 2.93 bits per heavy atom. The summed E-state index contributed by atoms with van der Waals surface area (Å²) in [6, 6.07) is 8.79. The summed E-state index contributed by atoms with van der Waals surface area (Å²) in [5.41, 5.74) is 7.41. The number of rotatable bonds is 4. The molecule has 1 aliphatic rings. The number of hydrogen-bond acceptors (Lipinski definition) is 6. The fourth-order valence-electron chi connectivity index (χ4n) is 3.43. The molecule has 28 heavy (non-hydrogen) atoms. The molecule has 1 aromatic carbocycles. The molecule has 1 fully saturated rings. The molecule has 1 unspecified atom stereocenters. The van der Waals surface area contributed by atoms with Crippen LogP contribution in [0.1, 0.15) is 50.2 Å². The highest BCUT2D eigenvalue weighted by atomic mass is 32.1. The summed E-state index contributed by atoms with van der Waals surface area (Å²) in [4.78, 5) is 31.4. The molecule has 144 valence electrons. The van der Waals surface area contributed by atoms with E-state index in [1.165, 1.54) is 11.3 Å². The Morgan fingerprint density at radius 2 is 2.18 bits per heavy atom. The average molecular weight is 396 g/mol. The zero-order valence-electron chi connectivity index (χ0n) is 15.4. The Bertz CT molecular complexity index is 1030. The fourth-order valence-corrected chi connectivity index (χ4v) is 4.32. The van der Waals surface area contributed by atoms with E-state index in [-0.39, 0.29) is 11.8 Å². The van der Waals surface area contributed by atoms with Crippen LogP contribution in [-0.4, -0.2) is 39.9 Å². The number of nitrogens with two attached hydrogens (primary N) is 1. The van der Waals surface area contributed by atoms with E-state index in [0.29, 0.717) is 29.4 Å². The third-order valence-electron chi connectivity index (χ3n) is 4.96. The Hall–Kier alpha value is -3.00. The first-order valence-electron chi connectivity index (χ1n) is 9.10. The van der Waals surface area contributed by atoms with Gasteiger partial charge in [0.25, 0.3) is 5.91 Å². The molecule has 2 aromatic heterocycles. The van der Waals surface area contributed by atoms with Crippen molar-refractivity contribution in [3.8, 4) is 11.4 Å². The lowest BCUT2D eigenvalue weighted by atomic mass is 9.97. The molecular weight excluding hydrogens is 376 g/mol. The SMILES string of the molecule is Cc1ccsc1C(=O)N1CCCC(c2nc(-c3cccc(C(N)=O)c3)no2)C1. The van der Waals surface area contributed by atoms with Crippen LogP contribution in [0, 0.1) is 6.92 Å². The number of amides is 2. The van der Waals surface area contributed by atoms with Crippen molar-refractivity contribution in [3.05, 3.63) is 57.6 Å². The Kier molecular flexibility index (Phi) is 4.95. The van der Waals surface area contributed by atoms with Gasteiger partial charge in [-0.1, -0.05) is 17.3 Å². The standard InChI is InChI=1S/C20H20N4O3S/c1-12-7-9-28-16(12)20(26)24-8-3-6-15(11-24)19-22-18(23-27-19)14-5-2-4-13(10-14)17(21)25/h2,4-5,7,9-10,15H,3,6,8,11H2,1H3,(H2,21,25). The minimum absolute atomic E-state index is 0.00135. The van der Waals surface area contributed by atoms with Crippen molar-refractivity contribution in [1.29, 1.82) is 0 Å². The molecule has 2 amide bonds. The smallest absolute Gasteiger partial charge is 0.264 e. The largest absolute Gasteiger partial charge is 0.366 e. The fraction of sp³-hybridized carbons (Fsp3) is 0.300. The van der Waals surface area contributed by atoms with Gasteiger partial charge >= 0.3 is 0 Å². The molecule has 0 spiro atoms. The Morgan fingerprint density at radius 1 is 1.32 bits per heavy atom. The van der Waals surface area contributed by atoms with Crippen LogP contribution in [-0.2, 0) is 0 Å². The van der Waals surface area contributed by atoms with Crippen LogP contribution < -0.4 is 5.73 Å². The number of likely N-dealkylation sites (tertiary alicyclic amines) is 1. The zero-order chi connectivity index (χ0) is 19.7. The first-order valence-corrected chi connectivity index (χ1v) is 9.98. The maximum absolute atomic E-state index is 12.8. The van der Waals surface area contributed by atoms with Crippen LogP contribution >= 0.6 is 11.3 Å². The molecule has 1 aliphatic heterocycles. The summed E-state index contributed by atoms with van der Waals surface area (Å²) in [7, 11) is 0. The Balaban J connectivity index is 1.52. The number of piperidine rings is 1. The molecule has 4 rings (SSSR count). The van der Waals surface area contributed by atoms with E-state index in [4.69, 9.17) is 10.3 Å². The summed E-state index contributed by atoms with van der Waals surface area (Å²) in [5, 5.41) is 6.00. The van der Waals surface area contributed by atoms with E-state index in [2.05, 4.69) is 10.1 Å². The van der Waals surface area contributed by atoms with Gasteiger partial charge in [0.2, 0.25) is 17.6 Å². The molecular formula is C20H20N4O3S. The highest BCUT2D eigenvalue weighted by Crippen LogP contribution is 2.29. The van der Waals surface area contributed by atoms with Gasteiger partial charge in [-0.25, -0.2) is 0 Å². The van der Waals surface area contributed by atoms with E-state index in [1.54, 1.807) is 24.3 Å². The first kappa shape index (κ1) is 18.4. The molecule has 8 heteroatoms. The van der Waals surface area contributed by atoms with E-state index in [9.17, 15) is 9.59 Å². The highest BCUT2D eigenvalue weighted by Gasteiger charge is 2.30. The molecule has 0 bridgehead atoms. The van der Waals surface area contributed by atoms with Gasteiger partial charge in [-0.2, -0.15) is 4.98 Å². The van der Waals surface area contributed by atoms with Crippen LogP contribution in [0.4, 0.5) is 0 Å². The summed E-state index contributed by atoms with van der Waals surface area (Å²) in [6.07, 6.45) is 1.77. The number of hydrogen-bond donors (Lipinski definition) is 1. The number of benzene rings is 1. The number of carbonyl (C=O) groups excluding carboxylic acids is 2. The van der Waals surface area contributed by atoms with Gasteiger partial charge in [0, 0.05) is 24.2 Å². The van der Waals surface area contributed by atoms with Crippen molar-refractivity contribution in [2.75, 3.05) is 13.1 Å². The average Bonchev–Trinajstić information content (AvgIpc) is 3.37. The van der Waals surface area contributed by atoms with E-state index < -0.39 is 5.91 Å². The van der Waals surface area contributed by atoms with Gasteiger partial charge in [0.05, 0.1) is 10.8 Å². The summed E-state index contributed by atoms with van der Waals surface area (Å²) in [5.74, 6) is 0.482. The van der Waals surface area contributed by atoms with Gasteiger partial charge in [0.1, 0.15) is 0 Å². The van der Waals surface area contributed by atoms with Gasteiger partial charge in [-0.15, -0.1) is 11.3 Å². The van der Waals surface area contributed by atoms with Crippen LogP contribution in [0.15, 0.2) is 40.2 Å². The van der Waals surface area contributed by atoms with Crippen LogP contribution in [0.2, 0.25) is 0 Å². The number of nitrogens with zero attached hydrogens (tertiary/aromatic N) is 3. The van der Waals surface area contributed by atoms with Gasteiger partial charge in [0.15, 0.2) is 0 Å². The second-order valence-electron chi connectivity index (χ2n) is 6.92. The van der Waals surface area contributed by atoms with Crippen LogP contribution in [0.3, 0.4) is 0 Å². The second-order valence-corrected chi connectivity index (χ2v) is 7.84. The van der Waals surface area contributed by atoms with E-state index >= 15 is 0 Å². The van der Waals surface area contributed by atoms with Gasteiger partial charge in [-0.05, 0) is 48.9 Å².